The molecule has 1 aromatic rings. The number of likely N-dealkylation sites (tertiary alicyclic amines) is 1. The van der Waals surface area contributed by atoms with E-state index in [1.165, 1.54) is 44.1 Å². The van der Waals surface area contributed by atoms with Crippen molar-refractivity contribution in [3.63, 3.8) is 0 Å². The summed E-state index contributed by atoms with van der Waals surface area (Å²) in [5.74, 6) is -9.51. The van der Waals surface area contributed by atoms with Crippen molar-refractivity contribution in [2.45, 2.75) is 43.1 Å². The van der Waals surface area contributed by atoms with E-state index in [1.807, 2.05) is 0 Å². The van der Waals surface area contributed by atoms with Crippen LogP contribution in [0, 0.1) is 27.9 Å². The Labute approximate surface area is 256 Å². The highest BCUT2D eigenvalue weighted by atomic mass is 16.9. The first kappa shape index (κ1) is 32.3. The van der Waals surface area contributed by atoms with E-state index in [0.29, 0.717) is 25.9 Å². The first-order chi connectivity index (χ1) is 21.0. The number of phenolic OH excluding ortho intramolecular Hbond substituents is 1. The molecular formula is C29H36N4O12. The van der Waals surface area contributed by atoms with Gasteiger partial charge in [0.25, 0.3) is 11.0 Å². The normalized spacial score (nSPS) is 32.2. The second-order valence-corrected chi connectivity index (χ2v) is 12.4. The molecule has 0 radical (unpaired) electrons. The molecule has 244 valence electrons. The van der Waals surface area contributed by atoms with E-state index in [2.05, 4.69) is 10.2 Å². The molecule has 4 aliphatic rings. The second-order valence-electron chi connectivity index (χ2n) is 12.4. The lowest BCUT2D eigenvalue weighted by molar-refractivity contribution is -0.759. The van der Waals surface area contributed by atoms with Crippen LogP contribution in [0.4, 0.5) is 0 Å². The molecule has 16 heteroatoms. The molecule has 5 rings (SSSR count). The minimum Gasteiger partial charge on any atom is -0.510 e. The molecule has 0 aromatic heterocycles. The predicted molar refractivity (Wildman–Crippen MR) is 152 cm³/mol. The summed E-state index contributed by atoms with van der Waals surface area (Å²) in [5, 5.41) is 80.9. The summed E-state index contributed by atoms with van der Waals surface area (Å²) < 4.78 is 0. The number of likely N-dealkylation sites (N-methyl/N-ethyl adjacent to an activating group) is 1. The van der Waals surface area contributed by atoms with Gasteiger partial charge in [-0.3, -0.25) is 24.2 Å². The molecular weight excluding hydrogens is 596 g/mol. The lowest BCUT2D eigenvalue weighted by Crippen LogP contribution is -2.70. The topological polar surface area (TPSA) is 243 Å². The van der Waals surface area contributed by atoms with Crippen molar-refractivity contribution in [3.05, 3.63) is 62.1 Å². The first-order valence-corrected chi connectivity index (χ1v) is 14.4. The number of nitrogens with one attached hydrogen (secondary N) is 1. The van der Waals surface area contributed by atoms with Gasteiger partial charge >= 0.3 is 0 Å². The molecule has 1 aliphatic heterocycles. The number of carbonyl (C=O) groups is 3. The van der Waals surface area contributed by atoms with Crippen molar-refractivity contribution >= 4 is 17.5 Å². The summed E-state index contributed by atoms with van der Waals surface area (Å²) >= 11 is 0. The third-order valence-corrected chi connectivity index (χ3v) is 9.60. The highest BCUT2D eigenvalue weighted by Crippen LogP contribution is 2.56. The average Bonchev–Trinajstić information content (AvgIpc) is 2.97. The van der Waals surface area contributed by atoms with Gasteiger partial charge in [0.05, 0.1) is 54.0 Å². The number of piperidine rings is 1. The van der Waals surface area contributed by atoms with Gasteiger partial charge in [0.15, 0.2) is 11.4 Å². The number of aliphatic hydroxyl groups is 5. The molecule has 45 heavy (non-hydrogen) atoms. The Hall–Kier alpha value is -4.09. The third-order valence-electron chi connectivity index (χ3n) is 9.60. The summed E-state index contributed by atoms with van der Waals surface area (Å²) in [6.45, 7) is 1.99. The monoisotopic (exact) mass is 632 g/mol. The van der Waals surface area contributed by atoms with Crippen LogP contribution in [0.25, 0.3) is 0 Å². The van der Waals surface area contributed by atoms with Crippen LogP contribution in [0.3, 0.4) is 0 Å². The van der Waals surface area contributed by atoms with Gasteiger partial charge in [0.2, 0.25) is 5.78 Å². The van der Waals surface area contributed by atoms with E-state index >= 15 is 0 Å². The molecule has 3 aliphatic carbocycles. The zero-order chi connectivity index (χ0) is 33.2. The van der Waals surface area contributed by atoms with Gasteiger partial charge in [-0.1, -0.05) is 12.1 Å². The molecule has 0 unspecified atom stereocenters. The van der Waals surface area contributed by atoms with Crippen molar-refractivity contribution in [2.24, 2.45) is 17.8 Å². The van der Waals surface area contributed by atoms with Gasteiger partial charge in [-0.05, 0) is 51.4 Å². The van der Waals surface area contributed by atoms with Crippen LogP contribution in [0.5, 0.6) is 5.75 Å². The number of hydrogen-bond donors (Lipinski definition) is 7. The van der Waals surface area contributed by atoms with Gasteiger partial charge < -0.3 is 40.8 Å². The molecule has 0 spiro atoms. The molecule has 7 N–H and O–H groups in total. The molecule has 1 fully saturated rings. The Morgan fingerprint density at radius 3 is 2.42 bits per heavy atom. The number of ketones is 2. The fourth-order valence-corrected chi connectivity index (χ4v) is 7.33. The van der Waals surface area contributed by atoms with E-state index in [0.717, 1.165) is 0 Å². The molecule has 0 saturated carbocycles. The zero-order valence-corrected chi connectivity index (χ0v) is 24.8. The van der Waals surface area contributed by atoms with Crippen LogP contribution in [-0.4, -0.2) is 121 Å². The number of carbonyl (C=O) groups excluding carboxylic acids is 3. The second kappa shape index (κ2) is 11.4. The summed E-state index contributed by atoms with van der Waals surface area (Å²) in [6.07, 6.45) is -0.839. The Bertz CT molecular complexity index is 1510. The number of hydrogen-bond acceptors (Lipinski definition) is 14. The Balaban J connectivity index is 1.49. The van der Waals surface area contributed by atoms with Crippen molar-refractivity contribution in [3.8, 4) is 5.75 Å². The van der Waals surface area contributed by atoms with E-state index < -0.39 is 86.2 Å². The molecule has 0 bridgehead atoms. The number of nitrogens with zero attached hydrogens (tertiary/aromatic N) is 3. The van der Waals surface area contributed by atoms with Gasteiger partial charge in [0, 0.05) is 13.1 Å². The third kappa shape index (κ3) is 4.93. The maximum Gasteiger partial charge on any atom is 0.294 e. The SMILES string of the molecule is CN(C)[C@@H]1C(O)=C(C(=O)NCN2CCC(CO[N+](=O)[O-])CC2)C(=O)[C@@]2(O)C(O)=C3C(=O)c4c(O)cccc4[C@@](C)(O)[C@H]3[C@H](O)[C@@H]12. The van der Waals surface area contributed by atoms with Crippen LogP contribution >= 0.6 is 0 Å². The lowest BCUT2D eigenvalue weighted by atomic mass is 9.54. The van der Waals surface area contributed by atoms with Gasteiger partial charge in [-0.25, -0.2) is 0 Å². The fourth-order valence-electron chi connectivity index (χ4n) is 7.33. The number of aliphatic hydroxyl groups excluding tert-OH is 3. The number of fused-ring (bicyclic) bond motifs is 3. The fraction of sp³-hybridized carbons (Fsp3) is 0.552. The van der Waals surface area contributed by atoms with E-state index in [1.54, 1.807) is 4.90 Å². The summed E-state index contributed by atoms with van der Waals surface area (Å²) in [5.41, 5.74) is -7.19. The Morgan fingerprint density at radius 2 is 1.82 bits per heavy atom. The van der Waals surface area contributed by atoms with Crippen molar-refractivity contribution in [1.29, 1.82) is 0 Å². The summed E-state index contributed by atoms with van der Waals surface area (Å²) in [4.78, 5) is 59.1. The van der Waals surface area contributed by atoms with Crippen molar-refractivity contribution in [1.82, 2.24) is 15.1 Å². The Morgan fingerprint density at radius 1 is 1.18 bits per heavy atom. The van der Waals surface area contributed by atoms with Crippen LogP contribution in [0.2, 0.25) is 0 Å². The van der Waals surface area contributed by atoms with Crippen LogP contribution < -0.4 is 5.32 Å². The van der Waals surface area contributed by atoms with Gasteiger partial charge in [0.1, 0.15) is 22.8 Å². The van der Waals surface area contributed by atoms with E-state index in [4.69, 9.17) is 0 Å². The quantitative estimate of drug-likeness (QED) is 0.111. The molecule has 1 saturated heterocycles. The number of aromatic hydroxyl groups is 1. The van der Waals surface area contributed by atoms with Gasteiger partial charge in [-0.2, -0.15) is 0 Å². The van der Waals surface area contributed by atoms with Crippen LogP contribution in [-0.2, 0) is 20.0 Å². The van der Waals surface area contributed by atoms with Crippen molar-refractivity contribution in [2.75, 3.05) is 40.5 Å². The number of benzene rings is 1. The number of rotatable bonds is 7. The van der Waals surface area contributed by atoms with E-state index in [9.17, 15) is 55.1 Å². The number of Topliss-reactive ketones (excluding diaryl/α,β-unsaturated/α-hetero) is 2. The van der Waals surface area contributed by atoms with E-state index in [-0.39, 0.29) is 30.3 Å². The largest absolute Gasteiger partial charge is 0.510 e. The van der Waals surface area contributed by atoms with Crippen LogP contribution in [0.1, 0.15) is 35.7 Å². The molecule has 1 aromatic carbocycles. The predicted octanol–water partition coefficient (Wildman–Crippen LogP) is -0.735. The zero-order valence-electron chi connectivity index (χ0n) is 24.8. The maximum absolute atomic E-state index is 14.0. The van der Waals surface area contributed by atoms with Crippen molar-refractivity contribution < 1.29 is 54.9 Å². The lowest BCUT2D eigenvalue weighted by Gasteiger charge is -2.55. The van der Waals surface area contributed by atoms with Gasteiger partial charge in [-0.15, -0.1) is 10.1 Å². The smallest absolute Gasteiger partial charge is 0.294 e. The average molecular weight is 633 g/mol. The molecule has 16 nitrogen and oxygen atoms in total. The minimum atomic E-state index is -3.08. The maximum atomic E-state index is 14.0. The summed E-state index contributed by atoms with van der Waals surface area (Å²) in [6, 6.07) is 2.49. The first-order valence-electron chi connectivity index (χ1n) is 14.4. The standard InChI is InChI=1S/C29H36N4O12/c1-28(41)14-5-4-6-15(34)16(14)22(35)17-19(28)24(37)20-21(31(2)3)23(36)18(26(39)29(20,42)25(17)38)27(40)30-12-32-9-7-13(8-10-32)11-45-33(43)44/h4-6,13,19-21,24,34,36-38,41-42H,7-12H2,1-3H3,(H,30,40)/t19-,20-,21+,24+,28-,29+/m1/s1. The minimum absolute atomic E-state index is 0.0451. The Kier molecular flexibility index (Phi) is 8.16. The molecule has 1 heterocycles. The number of amides is 1. The molecule has 6 atom stereocenters. The summed E-state index contributed by atoms with van der Waals surface area (Å²) in [7, 11) is 2.89. The molecule has 1 amide bonds. The highest BCUT2D eigenvalue weighted by Gasteiger charge is 2.69. The number of phenols is 1. The van der Waals surface area contributed by atoms with Crippen LogP contribution in [0.15, 0.2) is 40.9 Å². The highest BCUT2D eigenvalue weighted by molar-refractivity contribution is 6.25.